The Morgan fingerprint density at radius 2 is 2.08 bits per heavy atom. The third-order valence-electron chi connectivity index (χ3n) is 4.00. The van der Waals surface area contributed by atoms with E-state index in [2.05, 4.69) is 21.2 Å². The lowest BCUT2D eigenvalue weighted by Gasteiger charge is -2.40. The maximum atomic E-state index is 12.5. The molecule has 0 spiro atoms. The molecule has 0 saturated carbocycles. The molecule has 0 saturated heterocycles. The van der Waals surface area contributed by atoms with E-state index < -0.39 is 0 Å². The van der Waals surface area contributed by atoms with Crippen LogP contribution in [0.25, 0.3) is 0 Å². The van der Waals surface area contributed by atoms with Crippen molar-refractivity contribution in [3.8, 4) is 0 Å². The monoisotopic (exact) mass is 412 g/mol. The topological polar surface area (TPSA) is 50.8 Å². The summed E-state index contributed by atoms with van der Waals surface area (Å²) in [6, 6.07) is 7.37. The van der Waals surface area contributed by atoms with E-state index in [4.69, 9.17) is 21.7 Å². The number of hydrogen-bond acceptors (Lipinski definition) is 4. The van der Waals surface area contributed by atoms with Crippen molar-refractivity contribution in [2.45, 2.75) is 25.9 Å². The number of hydrogen-bond donors (Lipinski definition) is 1. The Bertz CT molecular complexity index is 678. The average molecular weight is 413 g/mol. The maximum absolute atomic E-state index is 12.5. The molecule has 2 rings (SSSR count). The summed E-state index contributed by atoms with van der Waals surface area (Å²) >= 11 is 9.10. The molecular weight excluding hydrogens is 392 g/mol. The molecule has 1 aliphatic heterocycles. The molecule has 0 fully saturated rings. The molecule has 0 aromatic heterocycles. The minimum atomic E-state index is -0.377. The first-order valence-corrected chi connectivity index (χ1v) is 8.74. The first-order valence-electron chi connectivity index (χ1n) is 7.54. The number of benzene rings is 1. The largest absolute Gasteiger partial charge is 0.466 e. The summed E-state index contributed by atoms with van der Waals surface area (Å²) in [7, 11) is 3.02. The van der Waals surface area contributed by atoms with Gasteiger partial charge in [-0.25, -0.2) is 4.79 Å². The van der Waals surface area contributed by atoms with Crippen LogP contribution in [0.3, 0.4) is 0 Å². The van der Waals surface area contributed by atoms with E-state index in [0.717, 1.165) is 15.7 Å². The van der Waals surface area contributed by atoms with Gasteiger partial charge in [0.05, 0.1) is 31.4 Å². The molecule has 7 heteroatoms. The van der Waals surface area contributed by atoms with Gasteiger partial charge < -0.3 is 19.7 Å². The molecule has 0 radical (unpaired) electrons. The van der Waals surface area contributed by atoms with Crippen molar-refractivity contribution in [3.05, 3.63) is 45.6 Å². The quantitative estimate of drug-likeness (QED) is 0.591. The second-order valence-corrected chi connectivity index (χ2v) is 6.81. The van der Waals surface area contributed by atoms with Crippen molar-refractivity contribution >= 4 is 39.2 Å². The van der Waals surface area contributed by atoms with Gasteiger partial charge in [0.2, 0.25) is 0 Å². The van der Waals surface area contributed by atoms with Crippen molar-refractivity contribution in [2.75, 3.05) is 20.8 Å². The van der Waals surface area contributed by atoms with Crippen LogP contribution in [0.5, 0.6) is 0 Å². The number of halogens is 1. The fourth-order valence-electron chi connectivity index (χ4n) is 2.92. The third kappa shape index (κ3) is 3.63. The number of nitrogens with one attached hydrogen (secondary N) is 1. The van der Waals surface area contributed by atoms with Crippen LogP contribution in [0, 0.1) is 0 Å². The van der Waals surface area contributed by atoms with Crippen LogP contribution in [-0.2, 0) is 14.3 Å². The Morgan fingerprint density at radius 1 is 1.42 bits per heavy atom. The smallest absolute Gasteiger partial charge is 0.337 e. The Hall–Kier alpha value is -1.44. The average Bonchev–Trinajstić information content (AvgIpc) is 2.54. The molecule has 0 unspecified atom stereocenters. The lowest BCUT2D eigenvalue weighted by molar-refractivity contribution is -0.136. The van der Waals surface area contributed by atoms with Crippen LogP contribution in [0.4, 0.5) is 0 Å². The van der Waals surface area contributed by atoms with Crippen molar-refractivity contribution in [1.82, 2.24) is 10.2 Å². The minimum Gasteiger partial charge on any atom is -0.466 e. The van der Waals surface area contributed by atoms with Crippen molar-refractivity contribution in [3.63, 3.8) is 0 Å². The SMILES string of the molecule is COC[C@@H](C)N1C(=S)N[C@H](c2ccccc2Br)C(C(=O)OC)=C1C. The molecule has 0 bridgehead atoms. The van der Waals surface area contributed by atoms with Crippen molar-refractivity contribution in [1.29, 1.82) is 0 Å². The zero-order valence-electron chi connectivity index (χ0n) is 14.1. The van der Waals surface area contributed by atoms with Gasteiger partial charge in [0.25, 0.3) is 0 Å². The van der Waals surface area contributed by atoms with Crippen LogP contribution in [-0.4, -0.2) is 42.8 Å². The summed E-state index contributed by atoms with van der Waals surface area (Å²) in [6.45, 7) is 4.37. The van der Waals surface area contributed by atoms with Gasteiger partial charge in [-0.3, -0.25) is 0 Å². The fraction of sp³-hybridized carbons (Fsp3) is 0.412. The predicted molar refractivity (Wildman–Crippen MR) is 101 cm³/mol. The van der Waals surface area contributed by atoms with Crippen molar-refractivity contribution in [2.24, 2.45) is 0 Å². The van der Waals surface area contributed by atoms with E-state index in [-0.39, 0.29) is 18.1 Å². The van der Waals surface area contributed by atoms with Crippen LogP contribution in [0.1, 0.15) is 25.5 Å². The summed E-state index contributed by atoms with van der Waals surface area (Å²) in [6.07, 6.45) is 0. The number of carbonyl (C=O) groups excluding carboxylic acids is 1. The van der Waals surface area contributed by atoms with Gasteiger partial charge in [0.1, 0.15) is 0 Å². The molecule has 130 valence electrons. The molecule has 1 N–H and O–H groups in total. The number of allylic oxidation sites excluding steroid dienone is 1. The second kappa shape index (κ2) is 8.09. The number of carbonyl (C=O) groups is 1. The zero-order chi connectivity index (χ0) is 17.9. The Morgan fingerprint density at radius 3 is 2.67 bits per heavy atom. The molecule has 2 atom stereocenters. The van der Waals surface area contributed by atoms with Crippen LogP contribution in [0.2, 0.25) is 0 Å². The molecule has 5 nitrogen and oxygen atoms in total. The summed E-state index contributed by atoms with van der Waals surface area (Å²) < 4.78 is 11.2. The van der Waals surface area contributed by atoms with Crippen LogP contribution in [0.15, 0.2) is 40.0 Å². The minimum absolute atomic E-state index is 0.00480. The van der Waals surface area contributed by atoms with E-state index in [1.165, 1.54) is 7.11 Å². The molecule has 1 aromatic carbocycles. The molecular formula is C17H21BrN2O3S. The summed E-state index contributed by atoms with van der Waals surface area (Å²) in [5.74, 6) is -0.377. The number of thiocarbonyl (C=S) groups is 1. The van der Waals surface area contributed by atoms with Gasteiger partial charge in [-0.05, 0) is 37.7 Å². The Balaban J connectivity index is 2.56. The summed E-state index contributed by atoms with van der Waals surface area (Å²) in [5, 5.41) is 3.83. The van der Waals surface area contributed by atoms with Crippen LogP contribution >= 0.6 is 28.1 Å². The van der Waals surface area contributed by atoms with Gasteiger partial charge in [0, 0.05) is 17.3 Å². The highest BCUT2D eigenvalue weighted by Gasteiger charge is 2.36. The molecule has 1 aromatic rings. The van der Waals surface area contributed by atoms with Gasteiger partial charge in [0.15, 0.2) is 5.11 Å². The fourth-order valence-corrected chi connectivity index (χ4v) is 3.87. The lowest BCUT2D eigenvalue weighted by atomic mass is 9.94. The molecule has 0 aliphatic carbocycles. The zero-order valence-corrected chi connectivity index (χ0v) is 16.5. The predicted octanol–water partition coefficient (Wildman–Crippen LogP) is 3.16. The lowest BCUT2D eigenvalue weighted by Crippen LogP contribution is -2.52. The standard InChI is InChI=1S/C17H21BrN2O3S/c1-10(9-22-3)20-11(2)14(16(21)23-4)15(19-17(20)24)12-7-5-6-8-13(12)18/h5-8,10,15H,9H2,1-4H3,(H,19,24)/t10-,15-/m1/s1. The number of nitrogens with zero attached hydrogens (tertiary/aromatic N) is 1. The highest BCUT2D eigenvalue weighted by atomic mass is 79.9. The van der Waals surface area contributed by atoms with Crippen molar-refractivity contribution < 1.29 is 14.3 Å². The Kier molecular flexibility index (Phi) is 6.37. The van der Waals surface area contributed by atoms with Gasteiger partial charge in [-0.15, -0.1) is 0 Å². The molecule has 24 heavy (non-hydrogen) atoms. The maximum Gasteiger partial charge on any atom is 0.337 e. The van der Waals surface area contributed by atoms with Gasteiger partial charge in [-0.2, -0.15) is 0 Å². The summed E-state index contributed by atoms with van der Waals surface area (Å²) in [4.78, 5) is 14.4. The van der Waals surface area contributed by atoms with E-state index in [1.54, 1.807) is 7.11 Å². The number of esters is 1. The normalized spacial score (nSPS) is 19.1. The highest BCUT2D eigenvalue weighted by Crippen LogP contribution is 2.35. The third-order valence-corrected chi connectivity index (χ3v) is 5.03. The van der Waals surface area contributed by atoms with Gasteiger partial charge in [-0.1, -0.05) is 34.1 Å². The van der Waals surface area contributed by atoms with Crippen LogP contribution < -0.4 is 5.32 Å². The number of methoxy groups -OCH3 is 2. The molecule has 0 amide bonds. The van der Waals surface area contributed by atoms with E-state index >= 15 is 0 Å². The molecule has 1 aliphatic rings. The second-order valence-electron chi connectivity index (χ2n) is 5.57. The first kappa shape index (κ1) is 18.9. The molecule has 1 heterocycles. The van der Waals surface area contributed by atoms with Gasteiger partial charge >= 0.3 is 5.97 Å². The summed E-state index contributed by atoms with van der Waals surface area (Å²) in [5.41, 5.74) is 2.25. The number of ether oxygens (including phenoxy) is 2. The highest BCUT2D eigenvalue weighted by molar-refractivity contribution is 9.10. The first-order chi connectivity index (χ1) is 11.4. The Labute approximate surface area is 156 Å². The van der Waals surface area contributed by atoms with E-state index in [9.17, 15) is 4.79 Å². The van der Waals surface area contributed by atoms with E-state index in [1.807, 2.05) is 43.0 Å². The van der Waals surface area contributed by atoms with E-state index in [0.29, 0.717) is 17.3 Å². The number of rotatable bonds is 5.